The summed E-state index contributed by atoms with van der Waals surface area (Å²) < 4.78 is 0. The molecular weight excluding hydrogens is 272 g/mol. The van der Waals surface area contributed by atoms with Crippen LogP contribution < -0.4 is 5.43 Å². The molecule has 0 heterocycles. The lowest BCUT2D eigenvalue weighted by Crippen LogP contribution is -2.19. The van der Waals surface area contributed by atoms with Crippen molar-refractivity contribution in [2.24, 2.45) is 5.10 Å². The number of hydrogen-bond donors (Lipinski definition) is 4. The van der Waals surface area contributed by atoms with Crippen LogP contribution >= 0.6 is 0 Å². The minimum Gasteiger partial charge on any atom is -0.508 e. The van der Waals surface area contributed by atoms with Crippen molar-refractivity contribution < 1.29 is 20.1 Å². The fourth-order valence-electron chi connectivity index (χ4n) is 1.70. The Balaban J connectivity index is 2.12. The van der Waals surface area contributed by atoms with E-state index in [0.29, 0.717) is 16.8 Å². The van der Waals surface area contributed by atoms with Crippen LogP contribution in [-0.4, -0.2) is 26.9 Å². The number of nitrogens with zero attached hydrogens (tertiary/aromatic N) is 1. The maximum atomic E-state index is 11.8. The number of hydrogen-bond acceptors (Lipinski definition) is 5. The van der Waals surface area contributed by atoms with Gasteiger partial charge in [0, 0.05) is 17.2 Å². The van der Waals surface area contributed by atoms with Crippen LogP contribution in [-0.2, 0) is 0 Å². The quantitative estimate of drug-likeness (QED) is 0.511. The lowest BCUT2D eigenvalue weighted by molar-refractivity contribution is 0.0955. The minimum absolute atomic E-state index is 0.0582. The summed E-state index contributed by atoms with van der Waals surface area (Å²) >= 11 is 0. The third-order valence-corrected chi connectivity index (χ3v) is 2.83. The SMILES string of the molecule is C/C(=N\NC(=O)c1ccc(O)cc1)c1ccc(O)cc1O. The molecule has 0 aliphatic carbocycles. The number of benzene rings is 2. The van der Waals surface area contributed by atoms with E-state index in [4.69, 9.17) is 5.11 Å². The molecule has 0 aliphatic rings. The fourth-order valence-corrected chi connectivity index (χ4v) is 1.70. The van der Waals surface area contributed by atoms with E-state index in [1.54, 1.807) is 6.92 Å². The fraction of sp³-hybridized carbons (Fsp3) is 0.0667. The van der Waals surface area contributed by atoms with Crippen molar-refractivity contribution in [2.75, 3.05) is 0 Å². The van der Waals surface area contributed by atoms with Crippen molar-refractivity contribution in [3.8, 4) is 17.2 Å². The first-order valence-corrected chi connectivity index (χ1v) is 6.13. The van der Waals surface area contributed by atoms with Gasteiger partial charge in [-0.15, -0.1) is 0 Å². The van der Waals surface area contributed by atoms with Crippen LogP contribution in [0.1, 0.15) is 22.8 Å². The zero-order chi connectivity index (χ0) is 15.4. The van der Waals surface area contributed by atoms with Crippen molar-refractivity contribution in [1.82, 2.24) is 5.43 Å². The van der Waals surface area contributed by atoms with Gasteiger partial charge in [-0.05, 0) is 43.3 Å². The van der Waals surface area contributed by atoms with Gasteiger partial charge in [-0.1, -0.05) is 0 Å². The van der Waals surface area contributed by atoms with Crippen LogP contribution in [0.25, 0.3) is 0 Å². The molecule has 0 radical (unpaired) electrons. The number of phenols is 3. The van der Waals surface area contributed by atoms with Crippen LogP contribution in [0.5, 0.6) is 17.2 Å². The van der Waals surface area contributed by atoms with Crippen LogP contribution in [0.4, 0.5) is 0 Å². The van der Waals surface area contributed by atoms with E-state index in [0.717, 1.165) is 0 Å². The number of carbonyl (C=O) groups excluding carboxylic acids is 1. The van der Waals surface area contributed by atoms with Crippen molar-refractivity contribution >= 4 is 11.6 Å². The second-order valence-corrected chi connectivity index (χ2v) is 4.39. The van der Waals surface area contributed by atoms with Gasteiger partial charge in [0.05, 0.1) is 5.71 Å². The van der Waals surface area contributed by atoms with Gasteiger partial charge in [0.1, 0.15) is 17.2 Å². The summed E-state index contributed by atoms with van der Waals surface area (Å²) in [5.74, 6) is -0.555. The van der Waals surface area contributed by atoms with Gasteiger partial charge in [0.25, 0.3) is 5.91 Å². The molecule has 6 heteroatoms. The van der Waals surface area contributed by atoms with E-state index >= 15 is 0 Å². The van der Waals surface area contributed by atoms with Crippen molar-refractivity contribution in [3.05, 3.63) is 53.6 Å². The van der Waals surface area contributed by atoms with Crippen molar-refractivity contribution in [3.63, 3.8) is 0 Å². The molecule has 0 saturated heterocycles. The van der Waals surface area contributed by atoms with Crippen LogP contribution in [0, 0.1) is 0 Å². The first-order valence-electron chi connectivity index (χ1n) is 6.13. The first-order chi connectivity index (χ1) is 9.97. The molecule has 2 aromatic carbocycles. The Labute approximate surface area is 121 Å². The Morgan fingerprint density at radius 2 is 1.62 bits per heavy atom. The van der Waals surface area contributed by atoms with Crippen molar-refractivity contribution in [2.45, 2.75) is 6.92 Å². The van der Waals surface area contributed by atoms with Gasteiger partial charge in [-0.25, -0.2) is 5.43 Å². The first kappa shape index (κ1) is 14.4. The molecule has 0 aliphatic heterocycles. The molecule has 21 heavy (non-hydrogen) atoms. The normalized spacial score (nSPS) is 11.2. The Morgan fingerprint density at radius 1 is 1.00 bits per heavy atom. The topological polar surface area (TPSA) is 102 Å². The molecule has 0 fully saturated rings. The highest BCUT2D eigenvalue weighted by Gasteiger charge is 2.08. The molecule has 2 aromatic rings. The predicted molar refractivity (Wildman–Crippen MR) is 77.6 cm³/mol. The second kappa shape index (κ2) is 5.96. The van der Waals surface area contributed by atoms with Crippen LogP contribution in [0.15, 0.2) is 47.6 Å². The summed E-state index contributed by atoms with van der Waals surface area (Å²) in [7, 11) is 0. The molecule has 0 atom stereocenters. The molecule has 4 N–H and O–H groups in total. The molecular formula is C15H14N2O4. The summed E-state index contributed by atoms with van der Waals surface area (Å²) in [5.41, 5.74) is 3.49. The van der Waals surface area contributed by atoms with E-state index in [2.05, 4.69) is 10.5 Å². The van der Waals surface area contributed by atoms with Gasteiger partial charge < -0.3 is 15.3 Å². The number of carbonyl (C=O) groups is 1. The number of nitrogens with one attached hydrogen (secondary N) is 1. The average molecular weight is 286 g/mol. The summed E-state index contributed by atoms with van der Waals surface area (Å²) in [6.45, 7) is 1.61. The molecule has 0 saturated carbocycles. The summed E-state index contributed by atoms with van der Waals surface area (Å²) in [4.78, 5) is 11.8. The maximum Gasteiger partial charge on any atom is 0.271 e. The van der Waals surface area contributed by atoms with Gasteiger partial charge in [-0.3, -0.25) is 4.79 Å². The van der Waals surface area contributed by atoms with Gasteiger partial charge in [0.15, 0.2) is 0 Å². The molecule has 0 aromatic heterocycles. The number of hydrazone groups is 1. The minimum atomic E-state index is -0.437. The third kappa shape index (κ3) is 3.50. The highest BCUT2D eigenvalue weighted by molar-refractivity contribution is 6.02. The van der Waals surface area contributed by atoms with E-state index in [1.807, 2.05) is 0 Å². The number of rotatable bonds is 3. The second-order valence-electron chi connectivity index (χ2n) is 4.39. The highest BCUT2D eigenvalue weighted by atomic mass is 16.3. The van der Waals surface area contributed by atoms with Crippen molar-refractivity contribution in [1.29, 1.82) is 0 Å². The number of amides is 1. The molecule has 0 unspecified atom stereocenters. The van der Waals surface area contributed by atoms with E-state index in [-0.39, 0.29) is 17.2 Å². The molecule has 1 amide bonds. The Bertz CT molecular complexity index is 693. The van der Waals surface area contributed by atoms with E-state index < -0.39 is 5.91 Å². The monoisotopic (exact) mass is 286 g/mol. The number of phenolic OH excluding ortho intramolecular Hbond substituents is 3. The lowest BCUT2D eigenvalue weighted by Gasteiger charge is -2.05. The molecule has 0 spiro atoms. The third-order valence-electron chi connectivity index (χ3n) is 2.83. The van der Waals surface area contributed by atoms with Crippen LogP contribution in [0.2, 0.25) is 0 Å². The Hall–Kier alpha value is -3.02. The average Bonchev–Trinajstić information content (AvgIpc) is 2.45. The predicted octanol–water partition coefficient (Wildman–Crippen LogP) is 1.96. The summed E-state index contributed by atoms with van der Waals surface area (Å²) in [6.07, 6.45) is 0. The molecule has 108 valence electrons. The Morgan fingerprint density at radius 3 is 2.24 bits per heavy atom. The Kier molecular flexibility index (Phi) is 4.08. The zero-order valence-electron chi connectivity index (χ0n) is 11.2. The smallest absolute Gasteiger partial charge is 0.271 e. The molecule has 0 bridgehead atoms. The van der Waals surface area contributed by atoms with Gasteiger partial charge in [-0.2, -0.15) is 5.10 Å². The van der Waals surface area contributed by atoms with E-state index in [9.17, 15) is 15.0 Å². The summed E-state index contributed by atoms with van der Waals surface area (Å²) in [6, 6.07) is 9.83. The van der Waals surface area contributed by atoms with E-state index in [1.165, 1.54) is 42.5 Å². The molecule has 2 rings (SSSR count). The highest BCUT2D eigenvalue weighted by Crippen LogP contribution is 2.23. The zero-order valence-corrected chi connectivity index (χ0v) is 11.2. The van der Waals surface area contributed by atoms with Gasteiger partial charge in [0.2, 0.25) is 0 Å². The maximum absolute atomic E-state index is 11.8. The standard InChI is InChI=1S/C15H14N2O4/c1-9(13-7-6-12(19)8-14(13)20)16-17-15(21)10-2-4-11(18)5-3-10/h2-8,18-20H,1H3,(H,17,21)/b16-9+. The molecule has 6 nitrogen and oxygen atoms in total. The largest absolute Gasteiger partial charge is 0.508 e. The lowest BCUT2D eigenvalue weighted by atomic mass is 10.1. The van der Waals surface area contributed by atoms with Gasteiger partial charge >= 0.3 is 0 Å². The van der Waals surface area contributed by atoms with Crippen LogP contribution in [0.3, 0.4) is 0 Å². The number of aromatic hydroxyl groups is 3. The summed E-state index contributed by atoms with van der Waals surface area (Å²) in [5, 5.41) is 32.0.